The number of fused-ring (bicyclic) bond motifs is 1. The highest BCUT2D eigenvalue weighted by Crippen LogP contribution is 2.37. The quantitative estimate of drug-likeness (QED) is 0.388. The van der Waals surface area contributed by atoms with Crippen LogP contribution in [0.2, 0.25) is 5.02 Å². The summed E-state index contributed by atoms with van der Waals surface area (Å²) in [5.41, 5.74) is 1.94. The van der Waals surface area contributed by atoms with Gasteiger partial charge in [0.1, 0.15) is 22.6 Å². The van der Waals surface area contributed by atoms with Crippen molar-refractivity contribution in [3.8, 4) is 22.6 Å². The number of carbonyl (C=O) groups is 2. The Morgan fingerprint density at radius 1 is 0.972 bits per heavy atom. The summed E-state index contributed by atoms with van der Waals surface area (Å²) >= 11 is 6.20. The minimum atomic E-state index is -1.22. The minimum Gasteiger partial charge on any atom is -0.467 e. The standard InChI is InChI=1S/C29H30ClNO5/c1-28(2,3)36-27(33)31-29(26(32)34-4)15-14-19-12-13-23(17-21(19)18-29)35-25-11-6-5-10-24(25)20-8-7-9-22(30)16-20/h5-13,16-17H,14-15,18H2,1-4H3,(H,31,33). The van der Waals surface area contributed by atoms with E-state index in [-0.39, 0.29) is 6.42 Å². The van der Waals surface area contributed by atoms with Crippen molar-refractivity contribution in [2.45, 2.75) is 51.2 Å². The van der Waals surface area contributed by atoms with Gasteiger partial charge in [-0.05, 0) is 80.6 Å². The van der Waals surface area contributed by atoms with Gasteiger partial charge in [-0.15, -0.1) is 0 Å². The van der Waals surface area contributed by atoms with Gasteiger partial charge in [-0.2, -0.15) is 0 Å². The molecule has 1 aliphatic rings. The van der Waals surface area contributed by atoms with Gasteiger partial charge in [-0.1, -0.05) is 48.0 Å². The Labute approximate surface area is 216 Å². The van der Waals surface area contributed by atoms with Gasteiger partial charge >= 0.3 is 12.1 Å². The number of ether oxygens (including phenoxy) is 3. The van der Waals surface area contributed by atoms with Gasteiger partial charge in [0.2, 0.25) is 0 Å². The molecule has 0 aliphatic heterocycles. The number of amides is 1. The molecule has 0 fully saturated rings. The molecule has 0 bridgehead atoms. The van der Waals surface area contributed by atoms with Gasteiger partial charge in [-0.3, -0.25) is 0 Å². The van der Waals surface area contributed by atoms with Crippen LogP contribution in [0, 0.1) is 0 Å². The number of halogens is 1. The maximum atomic E-state index is 12.9. The van der Waals surface area contributed by atoms with Crippen LogP contribution >= 0.6 is 11.6 Å². The Morgan fingerprint density at radius 2 is 1.75 bits per heavy atom. The molecule has 3 aromatic carbocycles. The fourth-order valence-electron chi connectivity index (χ4n) is 4.44. The summed E-state index contributed by atoms with van der Waals surface area (Å²) in [7, 11) is 1.32. The molecule has 1 N–H and O–H groups in total. The molecule has 188 valence electrons. The number of alkyl carbamates (subject to hydrolysis) is 1. The molecule has 0 heterocycles. The van der Waals surface area contributed by atoms with Crippen LogP contribution in [-0.4, -0.2) is 30.3 Å². The number of nitrogens with one attached hydrogen (secondary N) is 1. The summed E-state index contributed by atoms with van der Waals surface area (Å²) in [6.45, 7) is 5.33. The van der Waals surface area contributed by atoms with Crippen LogP contribution in [0.4, 0.5) is 4.79 Å². The smallest absolute Gasteiger partial charge is 0.408 e. The van der Waals surface area contributed by atoms with Crippen LogP contribution in [0.1, 0.15) is 38.3 Å². The fourth-order valence-corrected chi connectivity index (χ4v) is 4.63. The van der Waals surface area contributed by atoms with Gasteiger partial charge in [-0.25, -0.2) is 9.59 Å². The average Bonchev–Trinajstić information content (AvgIpc) is 2.82. The minimum absolute atomic E-state index is 0.265. The van der Waals surface area contributed by atoms with Crippen molar-refractivity contribution in [2.24, 2.45) is 0 Å². The number of para-hydroxylation sites is 1. The van der Waals surface area contributed by atoms with Crippen molar-refractivity contribution in [1.29, 1.82) is 0 Å². The highest BCUT2D eigenvalue weighted by molar-refractivity contribution is 6.30. The number of hydrogen-bond acceptors (Lipinski definition) is 5. The van der Waals surface area contributed by atoms with Gasteiger partial charge < -0.3 is 19.5 Å². The van der Waals surface area contributed by atoms with Crippen molar-refractivity contribution in [1.82, 2.24) is 5.32 Å². The lowest BCUT2D eigenvalue weighted by Gasteiger charge is -2.36. The van der Waals surface area contributed by atoms with E-state index < -0.39 is 23.2 Å². The molecule has 1 atom stereocenters. The van der Waals surface area contributed by atoms with E-state index in [1.54, 1.807) is 20.8 Å². The Kier molecular flexibility index (Phi) is 7.27. The molecular formula is C29H30ClNO5. The second-order valence-corrected chi connectivity index (χ2v) is 10.4. The molecule has 4 rings (SSSR count). The van der Waals surface area contributed by atoms with Crippen molar-refractivity contribution >= 4 is 23.7 Å². The number of aryl methyl sites for hydroxylation is 1. The summed E-state index contributed by atoms with van der Waals surface area (Å²) in [5, 5.41) is 3.44. The van der Waals surface area contributed by atoms with Crippen LogP contribution in [0.3, 0.4) is 0 Å². The number of carbonyl (C=O) groups excluding carboxylic acids is 2. The van der Waals surface area contributed by atoms with Gasteiger partial charge in [0.15, 0.2) is 0 Å². The normalized spacial score (nSPS) is 17.0. The van der Waals surface area contributed by atoms with Crippen molar-refractivity contribution in [3.63, 3.8) is 0 Å². The summed E-state index contributed by atoms with van der Waals surface area (Å²) in [4.78, 5) is 25.5. The van der Waals surface area contributed by atoms with Crippen molar-refractivity contribution in [2.75, 3.05) is 7.11 Å². The van der Waals surface area contributed by atoms with E-state index in [0.717, 1.165) is 22.3 Å². The number of benzene rings is 3. The predicted octanol–water partition coefficient (Wildman–Crippen LogP) is 6.72. The van der Waals surface area contributed by atoms with E-state index in [2.05, 4.69) is 5.32 Å². The lowest BCUT2D eigenvalue weighted by atomic mass is 9.78. The van der Waals surface area contributed by atoms with Crippen LogP contribution in [0.25, 0.3) is 11.1 Å². The van der Waals surface area contributed by atoms with Crippen LogP contribution in [0.5, 0.6) is 11.5 Å². The first-order valence-electron chi connectivity index (χ1n) is 11.8. The van der Waals surface area contributed by atoms with Crippen LogP contribution < -0.4 is 10.1 Å². The van der Waals surface area contributed by atoms with Crippen molar-refractivity contribution in [3.05, 3.63) is 82.9 Å². The zero-order valence-electron chi connectivity index (χ0n) is 20.9. The molecule has 0 saturated carbocycles. The first-order valence-corrected chi connectivity index (χ1v) is 12.2. The number of methoxy groups -OCH3 is 1. The first kappa shape index (κ1) is 25.6. The van der Waals surface area contributed by atoms with Crippen LogP contribution in [-0.2, 0) is 27.1 Å². The molecule has 1 aliphatic carbocycles. The molecule has 0 aromatic heterocycles. The van der Waals surface area contributed by atoms with E-state index in [1.807, 2.05) is 66.7 Å². The third kappa shape index (κ3) is 5.82. The van der Waals surface area contributed by atoms with E-state index >= 15 is 0 Å². The van der Waals surface area contributed by atoms with Crippen LogP contribution in [0.15, 0.2) is 66.7 Å². The Balaban J connectivity index is 1.62. The third-order valence-electron chi connectivity index (χ3n) is 6.06. The zero-order valence-corrected chi connectivity index (χ0v) is 21.6. The summed E-state index contributed by atoms with van der Waals surface area (Å²) < 4.78 is 16.8. The van der Waals surface area contributed by atoms with E-state index in [9.17, 15) is 9.59 Å². The monoisotopic (exact) mass is 507 g/mol. The Bertz CT molecular complexity index is 1280. The average molecular weight is 508 g/mol. The summed E-state index contributed by atoms with van der Waals surface area (Å²) in [6, 6.07) is 21.2. The topological polar surface area (TPSA) is 73.9 Å². The lowest BCUT2D eigenvalue weighted by Crippen LogP contribution is -2.59. The molecule has 36 heavy (non-hydrogen) atoms. The molecule has 1 unspecified atom stereocenters. The summed E-state index contributed by atoms with van der Waals surface area (Å²) in [6.07, 6.45) is 0.615. The molecule has 0 spiro atoms. The van der Waals surface area contributed by atoms with E-state index in [0.29, 0.717) is 29.4 Å². The summed E-state index contributed by atoms with van der Waals surface area (Å²) in [5.74, 6) is 0.805. The van der Waals surface area contributed by atoms with Gasteiger partial charge in [0, 0.05) is 17.0 Å². The Morgan fingerprint density at radius 3 is 2.47 bits per heavy atom. The SMILES string of the molecule is COC(=O)C1(NC(=O)OC(C)(C)C)CCc2ccc(Oc3ccccc3-c3cccc(Cl)c3)cc2C1. The number of hydrogen-bond donors (Lipinski definition) is 1. The second-order valence-electron chi connectivity index (χ2n) is 9.92. The fraction of sp³-hybridized carbons (Fsp3) is 0.310. The van der Waals surface area contributed by atoms with E-state index in [4.69, 9.17) is 25.8 Å². The molecule has 7 heteroatoms. The Hall–Kier alpha value is -3.51. The predicted molar refractivity (Wildman–Crippen MR) is 140 cm³/mol. The molecule has 0 radical (unpaired) electrons. The van der Waals surface area contributed by atoms with Gasteiger partial charge in [0.05, 0.1) is 7.11 Å². The largest absolute Gasteiger partial charge is 0.467 e. The number of rotatable bonds is 5. The maximum absolute atomic E-state index is 12.9. The zero-order chi connectivity index (χ0) is 25.9. The maximum Gasteiger partial charge on any atom is 0.408 e. The van der Waals surface area contributed by atoms with E-state index in [1.165, 1.54) is 7.11 Å². The molecule has 6 nitrogen and oxygen atoms in total. The third-order valence-corrected chi connectivity index (χ3v) is 6.29. The molecule has 3 aromatic rings. The molecular weight excluding hydrogens is 478 g/mol. The molecule has 1 amide bonds. The second kappa shape index (κ2) is 10.2. The lowest BCUT2D eigenvalue weighted by molar-refractivity contribution is -0.149. The first-order chi connectivity index (χ1) is 17.1. The molecule has 0 saturated heterocycles. The van der Waals surface area contributed by atoms with Gasteiger partial charge in [0.25, 0.3) is 0 Å². The number of esters is 1. The van der Waals surface area contributed by atoms with Crippen molar-refractivity contribution < 1.29 is 23.8 Å². The highest BCUT2D eigenvalue weighted by atomic mass is 35.5. The highest BCUT2D eigenvalue weighted by Gasteiger charge is 2.44.